The third-order valence-corrected chi connectivity index (χ3v) is 5.31. The van der Waals surface area contributed by atoms with E-state index >= 15 is 0 Å². The number of hydrogen-bond acceptors (Lipinski definition) is 3. The van der Waals surface area contributed by atoms with E-state index in [9.17, 15) is 13.2 Å². The van der Waals surface area contributed by atoms with Crippen molar-refractivity contribution in [2.45, 2.75) is 30.6 Å². The Kier molecular flexibility index (Phi) is 4.45. The fourth-order valence-corrected chi connectivity index (χ4v) is 3.27. The van der Waals surface area contributed by atoms with Gasteiger partial charge < -0.3 is 5.11 Å². The Morgan fingerprint density at radius 3 is 2.40 bits per heavy atom. The predicted molar refractivity (Wildman–Crippen MR) is 74.9 cm³/mol. The fraction of sp³-hybridized carbons (Fsp3) is 0.500. The topological polar surface area (TPSA) is 74.7 Å². The van der Waals surface area contributed by atoms with Gasteiger partial charge in [0.1, 0.15) is 0 Å². The first-order chi connectivity index (χ1) is 9.39. The van der Waals surface area contributed by atoms with Crippen molar-refractivity contribution in [1.82, 2.24) is 4.31 Å². The molecule has 5 nitrogen and oxygen atoms in total. The van der Waals surface area contributed by atoms with Crippen LogP contribution < -0.4 is 0 Å². The smallest absolute Gasteiger partial charge is 0.303 e. The van der Waals surface area contributed by atoms with Gasteiger partial charge in [0, 0.05) is 20.0 Å². The lowest BCUT2D eigenvalue weighted by Crippen LogP contribution is -2.28. The molecule has 1 aliphatic rings. The number of aliphatic carboxylic acids is 1. The number of carbonyl (C=O) groups is 1. The molecule has 1 aromatic rings. The van der Waals surface area contributed by atoms with Crippen LogP contribution in [0.25, 0.3) is 0 Å². The van der Waals surface area contributed by atoms with Gasteiger partial charge in [0.25, 0.3) is 0 Å². The molecule has 0 aliphatic heterocycles. The largest absolute Gasteiger partial charge is 0.481 e. The minimum Gasteiger partial charge on any atom is -0.481 e. The summed E-state index contributed by atoms with van der Waals surface area (Å²) >= 11 is 0. The molecule has 0 aromatic heterocycles. The summed E-state index contributed by atoms with van der Waals surface area (Å²) in [7, 11) is -1.82. The van der Waals surface area contributed by atoms with Crippen molar-refractivity contribution in [1.29, 1.82) is 0 Å². The number of rotatable bonds is 7. The SMILES string of the molecule is CN(CC1CC1)S(=O)(=O)c1ccc(CCC(=O)O)cc1. The number of benzene rings is 1. The summed E-state index contributed by atoms with van der Waals surface area (Å²) < 4.78 is 26.0. The highest BCUT2D eigenvalue weighted by Crippen LogP contribution is 2.31. The lowest BCUT2D eigenvalue weighted by Gasteiger charge is -2.17. The second-order valence-corrected chi connectivity index (χ2v) is 7.31. The standard InChI is InChI=1S/C14H19NO4S/c1-15(10-12-2-3-12)20(18,19)13-7-4-11(5-8-13)6-9-14(16)17/h4-5,7-8,12H,2-3,6,9-10H2,1H3,(H,16,17). The Hall–Kier alpha value is -1.40. The number of hydrogen-bond donors (Lipinski definition) is 1. The zero-order valence-electron chi connectivity index (χ0n) is 11.4. The number of nitrogens with zero attached hydrogens (tertiary/aromatic N) is 1. The minimum atomic E-state index is -3.43. The zero-order chi connectivity index (χ0) is 14.8. The molecule has 0 radical (unpaired) electrons. The molecule has 0 spiro atoms. The van der Waals surface area contributed by atoms with E-state index < -0.39 is 16.0 Å². The minimum absolute atomic E-state index is 0.0493. The van der Waals surface area contributed by atoms with Crippen molar-refractivity contribution in [3.63, 3.8) is 0 Å². The molecular weight excluding hydrogens is 278 g/mol. The van der Waals surface area contributed by atoms with Gasteiger partial charge in [-0.3, -0.25) is 4.79 Å². The summed E-state index contributed by atoms with van der Waals surface area (Å²) in [6.07, 6.45) is 2.67. The summed E-state index contributed by atoms with van der Waals surface area (Å²) in [6.45, 7) is 0.573. The van der Waals surface area contributed by atoms with Crippen molar-refractivity contribution in [2.24, 2.45) is 5.92 Å². The van der Waals surface area contributed by atoms with Crippen LogP contribution in [0.5, 0.6) is 0 Å². The van der Waals surface area contributed by atoms with E-state index in [1.807, 2.05) is 0 Å². The monoisotopic (exact) mass is 297 g/mol. The van der Waals surface area contributed by atoms with Crippen LogP contribution in [0.4, 0.5) is 0 Å². The second kappa shape index (κ2) is 5.93. The summed E-state index contributed by atoms with van der Waals surface area (Å²) in [5.74, 6) is -0.351. The van der Waals surface area contributed by atoms with Gasteiger partial charge in [-0.05, 0) is 42.9 Å². The maximum Gasteiger partial charge on any atom is 0.303 e. The number of sulfonamides is 1. The number of carboxylic acid groups (broad SMARTS) is 1. The molecule has 1 fully saturated rings. The molecule has 0 bridgehead atoms. The van der Waals surface area contributed by atoms with E-state index in [-0.39, 0.29) is 11.3 Å². The van der Waals surface area contributed by atoms with E-state index in [0.717, 1.165) is 18.4 Å². The van der Waals surface area contributed by atoms with Crippen molar-refractivity contribution in [3.8, 4) is 0 Å². The van der Waals surface area contributed by atoms with E-state index in [1.165, 1.54) is 4.31 Å². The zero-order valence-corrected chi connectivity index (χ0v) is 12.3. The maximum atomic E-state index is 12.3. The fourth-order valence-electron chi connectivity index (χ4n) is 2.02. The van der Waals surface area contributed by atoms with Crippen LogP contribution in [0, 0.1) is 5.92 Å². The highest BCUT2D eigenvalue weighted by Gasteiger charge is 2.28. The molecule has 110 valence electrons. The molecule has 0 heterocycles. The average Bonchev–Trinajstić information content (AvgIpc) is 3.20. The Balaban J connectivity index is 2.05. The van der Waals surface area contributed by atoms with E-state index in [2.05, 4.69) is 0 Å². The third kappa shape index (κ3) is 3.80. The molecule has 0 saturated heterocycles. The molecule has 0 amide bonds. The molecule has 1 aromatic carbocycles. The molecule has 0 unspecified atom stereocenters. The van der Waals surface area contributed by atoms with E-state index in [4.69, 9.17) is 5.11 Å². The molecule has 1 aliphatic carbocycles. The Labute approximate surface area is 119 Å². The average molecular weight is 297 g/mol. The molecule has 0 atom stereocenters. The first kappa shape index (κ1) is 15.0. The van der Waals surface area contributed by atoms with Gasteiger partial charge in [-0.15, -0.1) is 0 Å². The lowest BCUT2D eigenvalue weighted by molar-refractivity contribution is -0.136. The van der Waals surface area contributed by atoms with E-state index in [0.29, 0.717) is 18.9 Å². The first-order valence-corrected chi connectivity index (χ1v) is 8.10. The van der Waals surface area contributed by atoms with Gasteiger partial charge in [0.2, 0.25) is 10.0 Å². The molecule has 1 saturated carbocycles. The number of aryl methyl sites for hydroxylation is 1. The third-order valence-electron chi connectivity index (χ3n) is 3.47. The Morgan fingerprint density at radius 2 is 1.90 bits per heavy atom. The quantitative estimate of drug-likeness (QED) is 0.831. The van der Waals surface area contributed by atoms with Crippen molar-refractivity contribution in [3.05, 3.63) is 29.8 Å². The van der Waals surface area contributed by atoms with Gasteiger partial charge in [-0.1, -0.05) is 12.1 Å². The Bertz CT molecular complexity index is 576. The lowest BCUT2D eigenvalue weighted by atomic mass is 10.1. The van der Waals surface area contributed by atoms with E-state index in [1.54, 1.807) is 31.3 Å². The van der Waals surface area contributed by atoms with Crippen LogP contribution in [0.15, 0.2) is 29.2 Å². The highest BCUT2D eigenvalue weighted by atomic mass is 32.2. The van der Waals surface area contributed by atoms with Gasteiger partial charge in [-0.25, -0.2) is 12.7 Å². The van der Waals surface area contributed by atoms with Gasteiger partial charge >= 0.3 is 5.97 Å². The normalized spacial score (nSPS) is 15.5. The van der Waals surface area contributed by atoms with Crippen LogP contribution in [-0.4, -0.2) is 37.4 Å². The predicted octanol–water partition coefficient (Wildman–Crippen LogP) is 1.73. The van der Waals surface area contributed by atoms with Crippen molar-refractivity contribution >= 4 is 16.0 Å². The molecular formula is C14H19NO4S. The summed E-state index contributed by atoms with van der Waals surface area (Å²) in [5, 5.41) is 8.62. The molecule has 20 heavy (non-hydrogen) atoms. The van der Waals surface area contributed by atoms with Crippen LogP contribution in [0.1, 0.15) is 24.8 Å². The van der Waals surface area contributed by atoms with Crippen LogP contribution in [0.2, 0.25) is 0 Å². The Morgan fingerprint density at radius 1 is 1.30 bits per heavy atom. The summed E-state index contributed by atoms with van der Waals surface area (Å²) in [5.41, 5.74) is 0.830. The molecule has 1 N–H and O–H groups in total. The molecule has 2 rings (SSSR count). The number of carboxylic acids is 1. The van der Waals surface area contributed by atoms with Crippen LogP contribution in [-0.2, 0) is 21.2 Å². The van der Waals surface area contributed by atoms with Crippen LogP contribution >= 0.6 is 0 Å². The van der Waals surface area contributed by atoms with Crippen LogP contribution in [0.3, 0.4) is 0 Å². The molecule has 6 heteroatoms. The van der Waals surface area contributed by atoms with Crippen molar-refractivity contribution < 1.29 is 18.3 Å². The first-order valence-electron chi connectivity index (χ1n) is 6.66. The van der Waals surface area contributed by atoms with Gasteiger partial charge in [-0.2, -0.15) is 0 Å². The maximum absolute atomic E-state index is 12.3. The van der Waals surface area contributed by atoms with Gasteiger partial charge in [0.15, 0.2) is 0 Å². The summed E-state index contributed by atoms with van der Waals surface area (Å²) in [6, 6.07) is 6.47. The summed E-state index contributed by atoms with van der Waals surface area (Å²) in [4.78, 5) is 10.8. The highest BCUT2D eigenvalue weighted by molar-refractivity contribution is 7.89. The van der Waals surface area contributed by atoms with Crippen molar-refractivity contribution in [2.75, 3.05) is 13.6 Å². The van der Waals surface area contributed by atoms with Gasteiger partial charge in [0.05, 0.1) is 4.90 Å². The second-order valence-electron chi connectivity index (χ2n) is 5.27.